The third-order valence-corrected chi connectivity index (χ3v) is 4.57. The average molecular weight is 490 g/mol. The van der Waals surface area contributed by atoms with E-state index in [4.69, 9.17) is 21.7 Å². The SMILES string of the molecule is COc1cccc(OC)c1C(=O)NC(=S)Nc1cc(Br)c(O)c(Br)c1. The maximum Gasteiger partial charge on any atom is 0.264 e. The molecule has 6 nitrogen and oxygen atoms in total. The van der Waals surface area contributed by atoms with E-state index in [-0.39, 0.29) is 16.4 Å². The topological polar surface area (TPSA) is 79.8 Å². The van der Waals surface area contributed by atoms with Crippen molar-refractivity contribution in [2.24, 2.45) is 0 Å². The Labute approximate surface area is 166 Å². The third kappa shape index (κ3) is 4.62. The Hall–Kier alpha value is -1.84. The highest BCUT2D eigenvalue weighted by Crippen LogP contribution is 2.35. The number of carbonyl (C=O) groups is 1. The molecule has 132 valence electrons. The van der Waals surface area contributed by atoms with E-state index in [1.54, 1.807) is 30.3 Å². The predicted octanol–water partition coefficient (Wildman–Crippen LogP) is 4.06. The van der Waals surface area contributed by atoms with Gasteiger partial charge >= 0.3 is 0 Å². The quantitative estimate of drug-likeness (QED) is 0.444. The van der Waals surface area contributed by atoms with E-state index in [1.165, 1.54) is 14.2 Å². The van der Waals surface area contributed by atoms with Gasteiger partial charge in [0.05, 0.1) is 23.2 Å². The Morgan fingerprint density at radius 3 is 2.12 bits per heavy atom. The molecule has 0 aliphatic heterocycles. The Morgan fingerprint density at radius 1 is 1.12 bits per heavy atom. The van der Waals surface area contributed by atoms with Crippen LogP contribution in [0.25, 0.3) is 0 Å². The molecule has 0 heterocycles. The van der Waals surface area contributed by atoms with Crippen LogP contribution in [-0.2, 0) is 0 Å². The number of rotatable bonds is 4. The highest BCUT2D eigenvalue weighted by molar-refractivity contribution is 9.11. The summed E-state index contributed by atoms with van der Waals surface area (Å²) in [5, 5.41) is 15.3. The van der Waals surface area contributed by atoms with Gasteiger partial charge in [-0.2, -0.15) is 0 Å². The largest absolute Gasteiger partial charge is 0.506 e. The summed E-state index contributed by atoms with van der Waals surface area (Å²) in [5.41, 5.74) is 0.818. The molecule has 0 bridgehead atoms. The summed E-state index contributed by atoms with van der Waals surface area (Å²) in [4.78, 5) is 12.5. The minimum atomic E-state index is -0.469. The molecule has 25 heavy (non-hydrogen) atoms. The van der Waals surface area contributed by atoms with Crippen LogP contribution in [0.1, 0.15) is 10.4 Å². The molecule has 0 unspecified atom stereocenters. The van der Waals surface area contributed by atoms with E-state index in [0.29, 0.717) is 26.1 Å². The number of thiocarbonyl (C=S) groups is 1. The van der Waals surface area contributed by atoms with E-state index in [0.717, 1.165) is 0 Å². The summed E-state index contributed by atoms with van der Waals surface area (Å²) >= 11 is 11.6. The van der Waals surface area contributed by atoms with Gasteiger partial charge in [-0.15, -0.1) is 0 Å². The second-order valence-electron chi connectivity index (χ2n) is 4.73. The molecule has 2 aromatic carbocycles. The first-order chi connectivity index (χ1) is 11.9. The van der Waals surface area contributed by atoms with Crippen molar-refractivity contribution < 1.29 is 19.4 Å². The van der Waals surface area contributed by atoms with Crippen molar-refractivity contribution in [3.05, 3.63) is 44.8 Å². The zero-order valence-electron chi connectivity index (χ0n) is 13.2. The van der Waals surface area contributed by atoms with Gasteiger partial charge in [0.15, 0.2) is 5.11 Å². The number of ether oxygens (including phenoxy) is 2. The lowest BCUT2D eigenvalue weighted by Crippen LogP contribution is -2.34. The summed E-state index contributed by atoms with van der Waals surface area (Å²) in [6.45, 7) is 0. The Balaban J connectivity index is 2.18. The van der Waals surface area contributed by atoms with E-state index >= 15 is 0 Å². The molecule has 0 spiro atoms. The number of nitrogens with one attached hydrogen (secondary N) is 2. The van der Waals surface area contributed by atoms with Gasteiger partial charge in [-0.05, 0) is 68.3 Å². The smallest absolute Gasteiger partial charge is 0.264 e. The van der Waals surface area contributed by atoms with Crippen LogP contribution in [0, 0.1) is 0 Å². The van der Waals surface area contributed by atoms with Crippen molar-refractivity contribution in [3.8, 4) is 17.2 Å². The van der Waals surface area contributed by atoms with Crippen LogP contribution in [-0.4, -0.2) is 30.3 Å². The number of phenolic OH excluding ortho intramolecular Hbond substituents is 1. The molecule has 0 atom stereocenters. The van der Waals surface area contributed by atoms with E-state index in [2.05, 4.69) is 42.5 Å². The van der Waals surface area contributed by atoms with Crippen molar-refractivity contribution in [1.82, 2.24) is 5.32 Å². The van der Waals surface area contributed by atoms with Crippen molar-refractivity contribution in [2.75, 3.05) is 19.5 Å². The second kappa shape index (κ2) is 8.50. The molecule has 0 aromatic heterocycles. The number of carbonyl (C=O) groups excluding carboxylic acids is 1. The van der Waals surface area contributed by atoms with Crippen molar-refractivity contribution >= 4 is 60.8 Å². The van der Waals surface area contributed by atoms with Gasteiger partial charge in [0.1, 0.15) is 22.8 Å². The van der Waals surface area contributed by atoms with E-state index < -0.39 is 5.91 Å². The lowest BCUT2D eigenvalue weighted by atomic mass is 10.1. The first-order valence-electron chi connectivity index (χ1n) is 6.88. The number of benzene rings is 2. The molecule has 2 rings (SSSR count). The second-order valence-corrected chi connectivity index (χ2v) is 6.85. The van der Waals surface area contributed by atoms with Crippen molar-refractivity contribution in [1.29, 1.82) is 0 Å². The Kier molecular flexibility index (Phi) is 6.63. The number of hydrogen-bond donors (Lipinski definition) is 3. The van der Waals surface area contributed by atoms with E-state index in [9.17, 15) is 9.90 Å². The van der Waals surface area contributed by atoms with Crippen LogP contribution in [0.3, 0.4) is 0 Å². The van der Waals surface area contributed by atoms with Crippen LogP contribution in [0.5, 0.6) is 17.2 Å². The minimum Gasteiger partial charge on any atom is -0.506 e. The molecule has 0 aliphatic carbocycles. The molecule has 0 fully saturated rings. The summed E-state index contributed by atoms with van der Waals surface area (Å²) in [6.07, 6.45) is 0. The molecule has 9 heteroatoms. The van der Waals surface area contributed by atoms with Crippen LogP contribution in [0.2, 0.25) is 0 Å². The molecule has 0 saturated carbocycles. The first-order valence-corrected chi connectivity index (χ1v) is 8.88. The molecule has 0 radical (unpaired) electrons. The zero-order chi connectivity index (χ0) is 18.6. The lowest BCUT2D eigenvalue weighted by Gasteiger charge is -2.14. The van der Waals surface area contributed by atoms with Gasteiger partial charge in [0.25, 0.3) is 5.91 Å². The summed E-state index contributed by atoms with van der Waals surface area (Å²) in [5.74, 6) is 0.340. The number of methoxy groups -OCH3 is 2. The number of hydrogen-bond acceptors (Lipinski definition) is 5. The number of halogens is 2. The number of anilines is 1. The minimum absolute atomic E-state index is 0.0688. The van der Waals surface area contributed by atoms with Gasteiger partial charge in [0.2, 0.25) is 0 Å². The predicted molar refractivity (Wildman–Crippen MR) is 107 cm³/mol. The molecule has 2 aromatic rings. The summed E-state index contributed by atoms with van der Waals surface area (Å²) in [6, 6.07) is 8.28. The van der Waals surface area contributed by atoms with Crippen molar-refractivity contribution in [2.45, 2.75) is 0 Å². The normalized spacial score (nSPS) is 10.1. The van der Waals surface area contributed by atoms with E-state index in [1.807, 2.05) is 0 Å². The highest BCUT2D eigenvalue weighted by atomic mass is 79.9. The first kappa shape index (κ1) is 19.5. The summed E-state index contributed by atoms with van der Waals surface area (Å²) in [7, 11) is 2.93. The number of phenols is 1. The monoisotopic (exact) mass is 488 g/mol. The lowest BCUT2D eigenvalue weighted by molar-refractivity contribution is 0.0971. The van der Waals surface area contributed by atoms with Gasteiger partial charge in [-0.3, -0.25) is 10.1 Å². The standard InChI is InChI=1S/C16H14Br2N2O4S/c1-23-11-4-3-5-12(24-2)13(11)15(22)20-16(25)19-8-6-9(17)14(21)10(18)7-8/h3-7,21H,1-2H3,(H2,19,20,22,25). The zero-order valence-corrected chi connectivity index (χ0v) is 17.2. The van der Waals surface area contributed by atoms with Gasteiger partial charge in [0, 0.05) is 5.69 Å². The molecular weight excluding hydrogens is 476 g/mol. The maximum absolute atomic E-state index is 12.5. The Bertz CT molecular complexity index is 785. The van der Waals surface area contributed by atoms with Crippen LogP contribution in [0.4, 0.5) is 5.69 Å². The van der Waals surface area contributed by atoms with Crippen LogP contribution >= 0.6 is 44.1 Å². The van der Waals surface area contributed by atoms with Crippen LogP contribution in [0.15, 0.2) is 39.3 Å². The number of aromatic hydroxyl groups is 1. The fourth-order valence-corrected chi connectivity index (χ4v) is 3.44. The van der Waals surface area contributed by atoms with Gasteiger partial charge in [-0.1, -0.05) is 6.07 Å². The molecule has 3 N–H and O–H groups in total. The van der Waals surface area contributed by atoms with Crippen LogP contribution < -0.4 is 20.1 Å². The molecule has 0 saturated heterocycles. The van der Waals surface area contributed by atoms with Crippen molar-refractivity contribution in [3.63, 3.8) is 0 Å². The fourth-order valence-electron chi connectivity index (χ4n) is 2.04. The summed E-state index contributed by atoms with van der Waals surface area (Å²) < 4.78 is 11.4. The fraction of sp³-hybridized carbons (Fsp3) is 0.125. The van der Waals surface area contributed by atoms with Gasteiger partial charge in [-0.25, -0.2) is 0 Å². The highest BCUT2D eigenvalue weighted by Gasteiger charge is 2.19. The Morgan fingerprint density at radius 2 is 1.64 bits per heavy atom. The number of amides is 1. The molecule has 0 aliphatic rings. The third-order valence-electron chi connectivity index (χ3n) is 3.16. The molecular formula is C16H14Br2N2O4S. The molecule has 1 amide bonds. The van der Waals surface area contributed by atoms with Gasteiger partial charge < -0.3 is 19.9 Å². The maximum atomic E-state index is 12.5. The average Bonchev–Trinajstić information content (AvgIpc) is 2.58.